The summed E-state index contributed by atoms with van der Waals surface area (Å²) in [5, 5.41) is 8.94. The van der Waals surface area contributed by atoms with Gasteiger partial charge in [-0.15, -0.1) is 0 Å². The number of carbonyl (C=O) groups is 1. The molecular weight excluding hydrogens is 570 g/mol. The van der Waals surface area contributed by atoms with E-state index in [1.54, 1.807) is 35.9 Å². The second-order valence-corrected chi connectivity index (χ2v) is 13.7. The highest BCUT2D eigenvalue weighted by atomic mass is 32.2. The average Bonchev–Trinajstić information content (AvgIpc) is 3.03. The van der Waals surface area contributed by atoms with Crippen molar-refractivity contribution >= 4 is 39.9 Å². The topological polar surface area (TPSA) is 98.5 Å². The third kappa shape index (κ3) is 4.83. The van der Waals surface area contributed by atoms with Crippen LogP contribution < -0.4 is 15.6 Å². The second kappa shape index (κ2) is 10.7. The molecule has 0 unspecified atom stereocenters. The van der Waals surface area contributed by atoms with Crippen LogP contribution in [0, 0.1) is 17.8 Å². The highest BCUT2D eigenvalue weighted by molar-refractivity contribution is 7.99. The number of thioether (sulfide) groups is 1. The third-order valence-electron chi connectivity index (χ3n) is 9.87. The number of hydrogen-bond donors (Lipinski definition) is 1. The second-order valence-electron chi connectivity index (χ2n) is 12.8. The number of carbonyl (C=O) groups excluding carboxylic acids is 1. The summed E-state index contributed by atoms with van der Waals surface area (Å²) < 4.78 is 6.82. The number of amides is 1. The Bertz CT molecular complexity index is 1920. The minimum Gasteiger partial charge on any atom is -0.497 e. The first-order valence-electron chi connectivity index (χ1n) is 15.3. The first-order valence-corrected chi connectivity index (χ1v) is 16.3. The molecular formula is C35H33N5O3S. The lowest BCUT2D eigenvalue weighted by Gasteiger charge is -2.57. The number of ether oxygens (including phenoxy) is 1. The van der Waals surface area contributed by atoms with Gasteiger partial charge in [-0.2, -0.15) is 14.6 Å². The van der Waals surface area contributed by atoms with E-state index in [4.69, 9.17) is 9.72 Å². The maximum Gasteiger partial charge on any atom is 0.300 e. The first kappa shape index (κ1) is 27.3. The monoisotopic (exact) mass is 603 g/mol. The normalized spacial score (nSPS) is 23.7. The molecule has 4 saturated carbocycles. The number of anilines is 1. The molecule has 0 radical (unpaired) electrons. The summed E-state index contributed by atoms with van der Waals surface area (Å²) in [7, 11) is 1.59. The molecule has 8 nitrogen and oxygen atoms in total. The van der Waals surface area contributed by atoms with Crippen molar-refractivity contribution in [3.05, 3.63) is 88.7 Å². The van der Waals surface area contributed by atoms with Gasteiger partial charge in [0.05, 0.1) is 18.4 Å². The van der Waals surface area contributed by atoms with Crippen molar-refractivity contribution in [2.75, 3.05) is 18.2 Å². The summed E-state index contributed by atoms with van der Waals surface area (Å²) in [6.45, 7) is 0. The van der Waals surface area contributed by atoms with Gasteiger partial charge >= 0.3 is 0 Å². The predicted octanol–water partition coefficient (Wildman–Crippen LogP) is 6.51. The van der Waals surface area contributed by atoms with Crippen molar-refractivity contribution in [3.63, 3.8) is 0 Å². The number of para-hydroxylation sites is 1. The van der Waals surface area contributed by atoms with E-state index in [9.17, 15) is 9.59 Å². The number of nitrogens with one attached hydrogen (secondary N) is 1. The van der Waals surface area contributed by atoms with Crippen LogP contribution in [-0.2, 0) is 10.2 Å². The Balaban J connectivity index is 1.03. The Morgan fingerprint density at radius 3 is 2.30 bits per heavy atom. The summed E-state index contributed by atoms with van der Waals surface area (Å²) in [5.74, 6) is 3.36. The van der Waals surface area contributed by atoms with Gasteiger partial charge in [-0.05, 0) is 116 Å². The van der Waals surface area contributed by atoms with Crippen molar-refractivity contribution in [2.24, 2.45) is 17.8 Å². The van der Waals surface area contributed by atoms with Gasteiger partial charge in [-0.3, -0.25) is 9.59 Å². The minimum absolute atomic E-state index is 0.128. The maximum absolute atomic E-state index is 13.1. The zero-order chi connectivity index (χ0) is 29.8. The van der Waals surface area contributed by atoms with Gasteiger partial charge in [-0.1, -0.05) is 36.0 Å². The smallest absolute Gasteiger partial charge is 0.300 e. The molecule has 2 heterocycles. The Morgan fingerprint density at radius 2 is 1.61 bits per heavy atom. The van der Waals surface area contributed by atoms with E-state index in [1.165, 1.54) is 55.9 Å². The van der Waals surface area contributed by atoms with Gasteiger partial charge < -0.3 is 10.1 Å². The Kier molecular flexibility index (Phi) is 6.66. The summed E-state index contributed by atoms with van der Waals surface area (Å²) in [4.78, 5) is 35.4. The lowest BCUT2D eigenvalue weighted by Crippen LogP contribution is -2.48. The highest BCUT2D eigenvalue weighted by Crippen LogP contribution is 2.60. The van der Waals surface area contributed by atoms with Gasteiger partial charge in [0.1, 0.15) is 5.75 Å². The zero-order valence-electron chi connectivity index (χ0n) is 24.5. The van der Waals surface area contributed by atoms with Crippen LogP contribution in [0.25, 0.3) is 27.8 Å². The Labute approximate surface area is 259 Å². The van der Waals surface area contributed by atoms with Crippen molar-refractivity contribution < 1.29 is 9.53 Å². The first-order chi connectivity index (χ1) is 21.5. The fraction of sp³-hybridized carbons (Fsp3) is 0.343. The average molecular weight is 604 g/mol. The molecule has 222 valence electrons. The van der Waals surface area contributed by atoms with Crippen molar-refractivity contribution in [1.29, 1.82) is 0 Å². The summed E-state index contributed by atoms with van der Waals surface area (Å²) >= 11 is 1.26. The lowest BCUT2D eigenvalue weighted by atomic mass is 9.48. The summed E-state index contributed by atoms with van der Waals surface area (Å²) in [6, 6.07) is 23.2. The molecule has 9 heteroatoms. The van der Waals surface area contributed by atoms with E-state index in [0.29, 0.717) is 38.4 Å². The number of methoxy groups -OCH3 is 1. The fourth-order valence-electron chi connectivity index (χ4n) is 8.33. The van der Waals surface area contributed by atoms with Crippen LogP contribution in [0.15, 0.2) is 82.7 Å². The van der Waals surface area contributed by atoms with Crippen LogP contribution in [0.3, 0.4) is 0 Å². The molecule has 4 aliphatic carbocycles. The molecule has 0 aliphatic heterocycles. The number of hydrogen-bond acceptors (Lipinski definition) is 7. The molecule has 9 rings (SSSR count). The zero-order valence-corrected chi connectivity index (χ0v) is 25.3. The van der Waals surface area contributed by atoms with Gasteiger partial charge in [0.25, 0.3) is 5.56 Å². The maximum atomic E-state index is 13.1. The van der Waals surface area contributed by atoms with Gasteiger partial charge in [0.15, 0.2) is 16.5 Å². The summed E-state index contributed by atoms with van der Waals surface area (Å²) in [5.41, 5.74) is 4.05. The number of fused-ring (bicyclic) bond motifs is 3. The van der Waals surface area contributed by atoms with Crippen LogP contribution >= 0.6 is 11.8 Å². The SMILES string of the molecule is COc1ccc(-c2nn3c(SCC(=O)Nc4ccc(C56CC7CC(CC(C7)C5)C6)cc4)nc4ccccc4c3nc2=O)cc1. The van der Waals surface area contributed by atoms with Crippen LogP contribution in [0.4, 0.5) is 5.69 Å². The molecule has 4 aliphatic rings. The van der Waals surface area contributed by atoms with E-state index in [1.807, 2.05) is 24.3 Å². The number of benzene rings is 3. The van der Waals surface area contributed by atoms with E-state index >= 15 is 0 Å². The van der Waals surface area contributed by atoms with E-state index in [-0.39, 0.29) is 17.4 Å². The molecule has 0 spiro atoms. The standard InChI is InChI=1S/C35H33N5O3S/c1-43-27-12-6-24(7-13-27)31-33(42)38-32-28-4-2-3-5-29(28)37-34(40(32)39-31)44-20-30(41)36-26-10-8-25(9-11-26)35-17-21-14-22(18-35)16-23(15-21)19-35/h2-13,21-23H,14-20H2,1H3,(H,36,41). The van der Waals surface area contributed by atoms with Gasteiger partial charge in [0, 0.05) is 16.6 Å². The number of nitrogens with zero attached hydrogens (tertiary/aromatic N) is 4. The van der Waals surface area contributed by atoms with E-state index in [2.05, 4.69) is 39.7 Å². The largest absolute Gasteiger partial charge is 0.497 e. The molecule has 1 N–H and O–H groups in total. The third-order valence-corrected chi connectivity index (χ3v) is 10.8. The number of aromatic nitrogens is 4. The van der Waals surface area contributed by atoms with E-state index < -0.39 is 5.56 Å². The number of rotatable bonds is 7. The summed E-state index contributed by atoms with van der Waals surface area (Å²) in [6.07, 6.45) is 8.25. The highest BCUT2D eigenvalue weighted by Gasteiger charge is 2.51. The fourth-order valence-corrected chi connectivity index (χ4v) is 9.07. The van der Waals surface area contributed by atoms with Crippen LogP contribution in [0.1, 0.15) is 44.1 Å². The van der Waals surface area contributed by atoms with Crippen molar-refractivity contribution in [3.8, 4) is 17.0 Å². The minimum atomic E-state index is -0.433. The van der Waals surface area contributed by atoms with Crippen LogP contribution in [0.2, 0.25) is 0 Å². The van der Waals surface area contributed by atoms with Crippen LogP contribution in [0.5, 0.6) is 5.75 Å². The molecule has 1 amide bonds. The van der Waals surface area contributed by atoms with Crippen LogP contribution in [-0.4, -0.2) is 38.4 Å². The van der Waals surface area contributed by atoms with Gasteiger partial charge in [0.2, 0.25) is 5.91 Å². The molecule has 4 bridgehead atoms. The van der Waals surface area contributed by atoms with Crippen molar-refractivity contribution in [2.45, 2.75) is 49.1 Å². The van der Waals surface area contributed by atoms with Crippen molar-refractivity contribution in [1.82, 2.24) is 19.6 Å². The molecule has 3 aromatic carbocycles. The van der Waals surface area contributed by atoms with E-state index in [0.717, 1.165) is 23.4 Å². The quantitative estimate of drug-likeness (QED) is 0.129. The predicted molar refractivity (Wildman–Crippen MR) is 172 cm³/mol. The molecule has 0 atom stereocenters. The molecule has 5 aromatic rings. The lowest BCUT2D eigenvalue weighted by molar-refractivity contribution is -0.113. The molecule has 44 heavy (non-hydrogen) atoms. The van der Waals surface area contributed by atoms with Gasteiger partial charge in [-0.25, -0.2) is 4.98 Å². The Hall–Kier alpha value is -4.24. The molecule has 4 fully saturated rings. The molecule has 2 aromatic heterocycles. The molecule has 0 saturated heterocycles. The Morgan fingerprint density at radius 1 is 0.932 bits per heavy atom.